The van der Waals surface area contributed by atoms with E-state index in [1.807, 2.05) is 25.1 Å². The van der Waals surface area contributed by atoms with Crippen molar-refractivity contribution in [3.8, 4) is 0 Å². The van der Waals surface area contributed by atoms with E-state index in [9.17, 15) is 9.59 Å². The molecule has 7 heteroatoms. The van der Waals surface area contributed by atoms with Crippen LogP contribution >= 0.6 is 12.4 Å². The molecule has 0 aliphatic rings. The van der Waals surface area contributed by atoms with Gasteiger partial charge in [-0.25, -0.2) is 9.59 Å². The molecule has 140 valence electrons. The van der Waals surface area contributed by atoms with E-state index in [4.69, 9.17) is 9.84 Å². The quantitative estimate of drug-likeness (QED) is 0.624. The first kappa shape index (κ1) is 20.2. The number of aromatic nitrogens is 1. The fraction of sp³-hybridized carbons (Fsp3) is 0.150. The average molecular weight is 387 g/mol. The van der Waals surface area contributed by atoms with Crippen molar-refractivity contribution in [3.63, 3.8) is 0 Å². The van der Waals surface area contributed by atoms with Crippen LogP contribution < -0.4 is 5.32 Å². The second kappa shape index (κ2) is 8.51. The first-order valence-corrected chi connectivity index (χ1v) is 8.17. The van der Waals surface area contributed by atoms with E-state index in [-0.39, 0.29) is 24.6 Å². The number of rotatable bonds is 5. The summed E-state index contributed by atoms with van der Waals surface area (Å²) in [6.45, 7) is 3.95. The molecule has 3 rings (SSSR count). The molecule has 27 heavy (non-hydrogen) atoms. The largest absolute Gasteiger partial charge is 0.478 e. The second-order valence-corrected chi connectivity index (χ2v) is 5.75. The van der Waals surface area contributed by atoms with Crippen molar-refractivity contribution in [1.29, 1.82) is 0 Å². The molecule has 6 nitrogen and oxygen atoms in total. The SMILES string of the molecule is CCOC(=O)c1cnc2c(C)cccc2c1Nc1ccc(C(=O)O)cc1.Cl. The van der Waals surface area contributed by atoms with Crippen LogP contribution in [-0.4, -0.2) is 28.6 Å². The second-order valence-electron chi connectivity index (χ2n) is 5.75. The fourth-order valence-corrected chi connectivity index (χ4v) is 2.71. The number of benzene rings is 2. The van der Waals surface area contributed by atoms with Gasteiger partial charge in [0.25, 0.3) is 0 Å². The summed E-state index contributed by atoms with van der Waals surface area (Å²) in [7, 11) is 0. The molecule has 0 radical (unpaired) electrons. The standard InChI is InChI=1S/C20H18N2O4.ClH/c1-3-26-20(25)16-11-21-17-12(2)5-4-6-15(17)18(16)22-14-9-7-13(8-10-14)19(23)24;/h4-11H,3H2,1-2H3,(H,21,22)(H,23,24);1H. The van der Waals surface area contributed by atoms with Gasteiger partial charge in [0.1, 0.15) is 5.56 Å². The number of esters is 1. The first-order chi connectivity index (χ1) is 12.5. The molecule has 0 aliphatic heterocycles. The van der Waals surface area contributed by atoms with E-state index < -0.39 is 11.9 Å². The Morgan fingerprint density at radius 3 is 2.48 bits per heavy atom. The van der Waals surface area contributed by atoms with Crippen LogP contribution in [0.15, 0.2) is 48.7 Å². The number of ether oxygens (including phenoxy) is 1. The molecule has 1 aromatic heterocycles. The van der Waals surface area contributed by atoms with Crippen molar-refractivity contribution in [2.45, 2.75) is 13.8 Å². The smallest absolute Gasteiger partial charge is 0.341 e. The molecule has 3 aromatic rings. The lowest BCUT2D eigenvalue weighted by atomic mass is 10.1. The van der Waals surface area contributed by atoms with Gasteiger partial charge < -0.3 is 15.2 Å². The zero-order chi connectivity index (χ0) is 18.7. The lowest BCUT2D eigenvalue weighted by molar-refractivity contribution is 0.0526. The number of halogens is 1. The third-order valence-corrected chi connectivity index (χ3v) is 4.00. The Morgan fingerprint density at radius 1 is 1.15 bits per heavy atom. The van der Waals surface area contributed by atoms with E-state index in [2.05, 4.69) is 10.3 Å². The number of carboxylic acids is 1. The molecule has 0 bridgehead atoms. The van der Waals surface area contributed by atoms with Crippen LogP contribution in [0.25, 0.3) is 10.9 Å². The molecular weight excluding hydrogens is 368 g/mol. The number of fused-ring (bicyclic) bond motifs is 1. The maximum absolute atomic E-state index is 12.3. The Balaban J connectivity index is 0.00000261. The summed E-state index contributed by atoms with van der Waals surface area (Å²) in [6.07, 6.45) is 1.50. The van der Waals surface area contributed by atoms with Crippen molar-refractivity contribution in [2.24, 2.45) is 0 Å². The Hall–Kier alpha value is -3.12. The Morgan fingerprint density at radius 2 is 1.85 bits per heavy atom. The van der Waals surface area contributed by atoms with Crippen LogP contribution in [0.5, 0.6) is 0 Å². The predicted octanol–water partition coefficient (Wildman–Crippen LogP) is 4.58. The highest BCUT2D eigenvalue weighted by molar-refractivity contribution is 6.06. The number of carboxylic acid groups (broad SMARTS) is 1. The number of aromatic carboxylic acids is 1. The summed E-state index contributed by atoms with van der Waals surface area (Å²) in [4.78, 5) is 27.8. The number of para-hydroxylation sites is 1. The summed E-state index contributed by atoms with van der Waals surface area (Å²) in [6, 6.07) is 12.0. The number of pyridine rings is 1. The van der Waals surface area contributed by atoms with Crippen molar-refractivity contribution < 1.29 is 19.4 Å². The number of nitrogens with zero attached hydrogens (tertiary/aromatic N) is 1. The number of nitrogens with one attached hydrogen (secondary N) is 1. The van der Waals surface area contributed by atoms with Crippen LogP contribution in [0.1, 0.15) is 33.2 Å². The van der Waals surface area contributed by atoms with Gasteiger partial charge in [-0.3, -0.25) is 4.98 Å². The van der Waals surface area contributed by atoms with Gasteiger partial charge in [-0.1, -0.05) is 18.2 Å². The van der Waals surface area contributed by atoms with E-state index >= 15 is 0 Å². The lowest BCUT2D eigenvalue weighted by Crippen LogP contribution is -2.09. The van der Waals surface area contributed by atoms with Gasteiger partial charge in [0, 0.05) is 17.3 Å². The van der Waals surface area contributed by atoms with Gasteiger partial charge in [-0.15, -0.1) is 12.4 Å². The monoisotopic (exact) mass is 386 g/mol. The molecule has 0 atom stereocenters. The van der Waals surface area contributed by atoms with Crippen molar-refractivity contribution in [3.05, 3.63) is 65.4 Å². The van der Waals surface area contributed by atoms with E-state index in [0.717, 1.165) is 16.5 Å². The Kier molecular flexibility index (Phi) is 6.36. The molecule has 0 fully saturated rings. The molecule has 0 unspecified atom stereocenters. The average Bonchev–Trinajstić information content (AvgIpc) is 2.63. The molecule has 0 amide bonds. The summed E-state index contributed by atoms with van der Waals surface area (Å²) < 4.78 is 5.14. The third kappa shape index (κ3) is 4.17. The zero-order valence-corrected chi connectivity index (χ0v) is 15.7. The number of anilines is 2. The van der Waals surface area contributed by atoms with Gasteiger partial charge >= 0.3 is 11.9 Å². The highest BCUT2D eigenvalue weighted by Gasteiger charge is 2.17. The summed E-state index contributed by atoms with van der Waals surface area (Å²) in [5.74, 6) is -1.46. The zero-order valence-electron chi connectivity index (χ0n) is 14.9. The number of hydrogen-bond acceptors (Lipinski definition) is 5. The summed E-state index contributed by atoms with van der Waals surface area (Å²) in [5, 5.41) is 13.0. The Labute approximate surface area is 162 Å². The summed E-state index contributed by atoms with van der Waals surface area (Å²) >= 11 is 0. The maximum Gasteiger partial charge on any atom is 0.341 e. The van der Waals surface area contributed by atoms with E-state index in [0.29, 0.717) is 16.9 Å². The minimum Gasteiger partial charge on any atom is -0.478 e. The molecule has 2 aromatic carbocycles. The molecule has 0 saturated carbocycles. The minimum absolute atomic E-state index is 0. The number of carbonyl (C=O) groups is 2. The number of aryl methyl sites for hydroxylation is 1. The number of hydrogen-bond donors (Lipinski definition) is 2. The van der Waals surface area contributed by atoms with Crippen LogP contribution in [0, 0.1) is 6.92 Å². The van der Waals surface area contributed by atoms with Crippen LogP contribution in [-0.2, 0) is 4.74 Å². The topological polar surface area (TPSA) is 88.5 Å². The van der Waals surface area contributed by atoms with Crippen molar-refractivity contribution in [1.82, 2.24) is 4.98 Å². The predicted molar refractivity (Wildman–Crippen MR) is 106 cm³/mol. The van der Waals surface area contributed by atoms with Crippen LogP contribution in [0.4, 0.5) is 11.4 Å². The van der Waals surface area contributed by atoms with Gasteiger partial charge in [0.15, 0.2) is 0 Å². The van der Waals surface area contributed by atoms with Gasteiger partial charge in [-0.2, -0.15) is 0 Å². The van der Waals surface area contributed by atoms with E-state index in [1.54, 1.807) is 19.1 Å². The lowest BCUT2D eigenvalue weighted by Gasteiger charge is -2.15. The Bertz CT molecular complexity index is 987. The first-order valence-electron chi connectivity index (χ1n) is 8.17. The van der Waals surface area contributed by atoms with E-state index in [1.165, 1.54) is 18.3 Å². The maximum atomic E-state index is 12.3. The molecule has 0 saturated heterocycles. The molecule has 1 heterocycles. The highest BCUT2D eigenvalue weighted by atomic mass is 35.5. The third-order valence-electron chi connectivity index (χ3n) is 4.00. The summed E-state index contributed by atoms with van der Waals surface area (Å²) in [5.41, 5.74) is 3.53. The molecule has 2 N–H and O–H groups in total. The molecule has 0 spiro atoms. The number of carbonyl (C=O) groups excluding carboxylic acids is 1. The van der Waals surface area contributed by atoms with Gasteiger partial charge in [-0.05, 0) is 43.7 Å². The van der Waals surface area contributed by atoms with Crippen molar-refractivity contribution >= 4 is 46.6 Å². The fourth-order valence-electron chi connectivity index (χ4n) is 2.71. The normalized spacial score (nSPS) is 10.1. The van der Waals surface area contributed by atoms with Crippen molar-refractivity contribution in [2.75, 3.05) is 11.9 Å². The minimum atomic E-state index is -0.992. The van der Waals surface area contributed by atoms with Gasteiger partial charge in [0.05, 0.1) is 23.4 Å². The molecule has 0 aliphatic carbocycles. The van der Waals surface area contributed by atoms with Crippen LogP contribution in [0.3, 0.4) is 0 Å². The molecular formula is C20H19ClN2O4. The van der Waals surface area contributed by atoms with Crippen LogP contribution in [0.2, 0.25) is 0 Å². The van der Waals surface area contributed by atoms with Gasteiger partial charge in [0.2, 0.25) is 0 Å². The highest BCUT2D eigenvalue weighted by Crippen LogP contribution is 2.31.